The van der Waals surface area contributed by atoms with Gasteiger partial charge in [-0.2, -0.15) is 0 Å². The van der Waals surface area contributed by atoms with Crippen molar-refractivity contribution in [1.82, 2.24) is 20.1 Å². The Labute approximate surface area is 128 Å². The maximum atomic E-state index is 11.8. The second-order valence-electron chi connectivity index (χ2n) is 5.08. The van der Waals surface area contributed by atoms with E-state index in [4.69, 9.17) is 5.11 Å². The molecule has 1 rings (SSSR count). The van der Waals surface area contributed by atoms with E-state index in [0.29, 0.717) is 11.7 Å². The number of nitrogens with one attached hydrogen (secondary N) is 1. The molecule has 21 heavy (non-hydrogen) atoms. The zero-order valence-corrected chi connectivity index (χ0v) is 13.4. The molecule has 0 radical (unpaired) electrons. The van der Waals surface area contributed by atoms with E-state index in [9.17, 15) is 9.59 Å². The van der Waals surface area contributed by atoms with Crippen molar-refractivity contribution >= 4 is 23.6 Å². The highest BCUT2D eigenvalue weighted by molar-refractivity contribution is 7.99. The Kier molecular flexibility index (Phi) is 7.21. The lowest BCUT2D eigenvalue weighted by atomic mass is 10.0. The molecule has 1 unspecified atom stereocenters. The summed E-state index contributed by atoms with van der Waals surface area (Å²) >= 11 is 1.32. The minimum atomic E-state index is -0.837. The van der Waals surface area contributed by atoms with E-state index in [0.717, 1.165) is 6.42 Å². The predicted molar refractivity (Wildman–Crippen MR) is 80.2 cm³/mol. The number of carboxylic acids is 1. The molecule has 8 heteroatoms. The Hall–Kier alpha value is -1.57. The van der Waals surface area contributed by atoms with Gasteiger partial charge < -0.3 is 15.0 Å². The number of thioether (sulfide) groups is 1. The van der Waals surface area contributed by atoms with E-state index in [1.807, 2.05) is 25.3 Å². The third-order valence-corrected chi connectivity index (χ3v) is 4.01. The van der Waals surface area contributed by atoms with Crippen LogP contribution in [0.1, 0.15) is 39.7 Å². The summed E-state index contributed by atoms with van der Waals surface area (Å²) in [6.45, 7) is 6.34. The molecule has 0 aliphatic rings. The summed E-state index contributed by atoms with van der Waals surface area (Å²) in [4.78, 5) is 22.4. The van der Waals surface area contributed by atoms with Crippen molar-refractivity contribution in [2.24, 2.45) is 5.92 Å². The van der Waals surface area contributed by atoms with Crippen LogP contribution in [0.5, 0.6) is 0 Å². The van der Waals surface area contributed by atoms with Gasteiger partial charge >= 0.3 is 5.97 Å². The van der Waals surface area contributed by atoms with Gasteiger partial charge in [0.15, 0.2) is 5.16 Å². The van der Waals surface area contributed by atoms with Crippen LogP contribution in [0.3, 0.4) is 0 Å². The first-order chi connectivity index (χ1) is 9.93. The maximum absolute atomic E-state index is 11.8. The van der Waals surface area contributed by atoms with E-state index in [1.54, 1.807) is 6.33 Å². The number of carbonyl (C=O) groups excluding carboxylic acids is 1. The molecule has 0 aliphatic heterocycles. The average molecular weight is 314 g/mol. The summed E-state index contributed by atoms with van der Waals surface area (Å²) in [5.74, 6) is -0.747. The van der Waals surface area contributed by atoms with Crippen molar-refractivity contribution in [3.05, 3.63) is 6.33 Å². The van der Waals surface area contributed by atoms with Crippen molar-refractivity contribution < 1.29 is 14.7 Å². The van der Waals surface area contributed by atoms with Crippen LogP contribution < -0.4 is 5.32 Å². The lowest BCUT2D eigenvalue weighted by molar-refractivity contribution is -0.138. The molecule has 0 aromatic carbocycles. The minimum absolute atomic E-state index is 0.0317. The van der Waals surface area contributed by atoms with Gasteiger partial charge in [-0.3, -0.25) is 9.59 Å². The fourth-order valence-corrected chi connectivity index (χ4v) is 2.61. The van der Waals surface area contributed by atoms with Crippen LogP contribution in [0.4, 0.5) is 0 Å². The molecule has 0 bridgehead atoms. The van der Waals surface area contributed by atoms with Crippen LogP contribution in [0.25, 0.3) is 0 Å². The molecule has 1 atom stereocenters. The van der Waals surface area contributed by atoms with Crippen LogP contribution in [0, 0.1) is 5.92 Å². The average Bonchev–Trinajstić information content (AvgIpc) is 2.89. The fourth-order valence-electron chi connectivity index (χ4n) is 1.74. The second-order valence-corrected chi connectivity index (χ2v) is 6.02. The van der Waals surface area contributed by atoms with Gasteiger partial charge in [0.2, 0.25) is 5.91 Å². The van der Waals surface area contributed by atoms with E-state index in [-0.39, 0.29) is 30.0 Å². The number of carboxylic acid groups (broad SMARTS) is 1. The molecule has 1 aromatic rings. The van der Waals surface area contributed by atoms with Gasteiger partial charge in [-0.15, -0.1) is 10.2 Å². The highest BCUT2D eigenvalue weighted by Crippen LogP contribution is 2.18. The minimum Gasteiger partial charge on any atom is -0.481 e. The predicted octanol–water partition coefficient (Wildman–Crippen LogP) is 1.57. The van der Waals surface area contributed by atoms with Crippen LogP contribution >= 0.6 is 11.8 Å². The second kappa shape index (κ2) is 8.66. The van der Waals surface area contributed by atoms with Gasteiger partial charge in [-0.1, -0.05) is 25.1 Å². The number of aliphatic carboxylic acids is 1. The zero-order valence-electron chi connectivity index (χ0n) is 12.6. The molecule has 0 aliphatic carbocycles. The summed E-state index contributed by atoms with van der Waals surface area (Å²) in [5, 5.41) is 20.0. The van der Waals surface area contributed by atoms with Crippen LogP contribution in [0.2, 0.25) is 0 Å². The summed E-state index contributed by atoms with van der Waals surface area (Å²) in [6, 6.07) is 0.241. The zero-order chi connectivity index (χ0) is 15.8. The van der Waals surface area contributed by atoms with Crippen molar-refractivity contribution in [3.63, 3.8) is 0 Å². The van der Waals surface area contributed by atoms with Gasteiger partial charge in [0.25, 0.3) is 0 Å². The van der Waals surface area contributed by atoms with E-state index in [1.165, 1.54) is 11.8 Å². The molecule has 118 valence electrons. The van der Waals surface area contributed by atoms with Crippen LogP contribution in [-0.2, 0) is 9.59 Å². The van der Waals surface area contributed by atoms with E-state index in [2.05, 4.69) is 15.5 Å². The van der Waals surface area contributed by atoms with E-state index < -0.39 is 5.97 Å². The number of aromatic nitrogens is 3. The normalized spacial score (nSPS) is 12.4. The fraction of sp³-hybridized carbons (Fsp3) is 0.692. The molecule has 7 nitrogen and oxygen atoms in total. The Morgan fingerprint density at radius 2 is 2.19 bits per heavy atom. The SMILES string of the molecule is CCC(CNC(=O)CSc1nncn1C(C)C)CC(=O)O. The van der Waals surface area contributed by atoms with Crippen molar-refractivity contribution in [2.75, 3.05) is 12.3 Å². The lowest BCUT2D eigenvalue weighted by Crippen LogP contribution is -2.31. The van der Waals surface area contributed by atoms with E-state index >= 15 is 0 Å². The molecular formula is C13H22N4O3S. The van der Waals surface area contributed by atoms with Gasteiger partial charge in [-0.25, -0.2) is 0 Å². The first-order valence-electron chi connectivity index (χ1n) is 6.94. The molecule has 0 saturated heterocycles. The summed E-state index contributed by atoms with van der Waals surface area (Å²) in [6.07, 6.45) is 2.44. The molecule has 0 saturated carbocycles. The molecule has 2 N–H and O–H groups in total. The first kappa shape index (κ1) is 17.5. The van der Waals surface area contributed by atoms with Gasteiger partial charge in [0.1, 0.15) is 6.33 Å². The summed E-state index contributed by atoms with van der Waals surface area (Å²) in [7, 11) is 0. The molecule has 1 amide bonds. The quantitative estimate of drug-likeness (QED) is 0.672. The highest BCUT2D eigenvalue weighted by Gasteiger charge is 2.14. The molecule has 0 fully saturated rings. The topological polar surface area (TPSA) is 97.1 Å². The van der Waals surface area contributed by atoms with Gasteiger partial charge in [0, 0.05) is 19.0 Å². The standard InChI is InChI=1S/C13H22N4O3S/c1-4-10(5-12(19)20)6-14-11(18)7-21-13-16-15-8-17(13)9(2)3/h8-10H,4-7H2,1-3H3,(H,14,18)(H,19,20). The molecule has 0 spiro atoms. The largest absolute Gasteiger partial charge is 0.481 e. The van der Waals surface area contributed by atoms with Crippen molar-refractivity contribution in [1.29, 1.82) is 0 Å². The Morgan fingerprint density at radius 1 is 1.48 bits per heavy atom. The number of hydrogen-bond donors (Lipinski definition) is 2. The smallest absolute Gasteiger partial charge is 0.303 e. The number of hydrogen-bond acceptors (Lipinski definition) is 5. The Balaban J connectivity index is 2.37. The molecule has 1 heterocycles. The Bertz CT molecular complexity index is 476. The number of carbonyl (C=O) groups is 2. The molecule has 1 aromatic heterocycles. The summed E-state index contributed by atoms with van der Waals surface area (Å²) in [5.41, 5.74) is 0. The van der Waals surface area contributed by atoms with Crippen molar-refractivity contribution in [2.45, 2.75) is 44.8 Å². The third-order valence-electron chi connectivity index (χ3n) is 3.06. The monoisotopic (exact) mass is 314 g/mol. The maximum Gasteiger partial charge on any atom is 0.303 e. The van der Waals surface area contributed by atoms with Crippen LogP contribution in [-0.4, -0.2) is 44.0 Å². The third kappa shape index (κ3) is 6.16. The number of amides is 1. The summed E-state index contributed by atoms with van der Waals surface area (Å²) < 4.78 is 1.90. The molecular weight excluding hydrogens is 292 g/mol. The van der Waals surface area contributed by atoms with Crippen LogP contribution in [0.15, 0.2) is 11.5 Å². The number of nitrogens with zero attached hydrogens (tertiary/aromatic N) is 3. The number of rotatable bonds is 9. The van der Waals surface area contributed by atoms with Crippen molar-refractivity contribution in [3.8, 4) is 0 Å². The first-order valence-corrected chi connectivity index (χ1v) is 7.93. The highest BCUT2D eigenvalue weighted by atomic mass is 32.2. The van der Waals surface area contributed by atoms with Gasteiger partial charge in [-0.05, 0) is 19.8 Å². The lowest BCUT2D eigenvalue weighted by Gasteiger charge is -2.13. The Morgan fingerprint density at radius 3 is 2.76 bits per heavy atom. The van der Waals surface area contributed by atoms with Gasteiger partial charge in [0.05, 0.1) is 5.75 Å².